The van der Waals surface area contributed by atoms with Crippen molar-refractivity contribution in [2.45, 2.75) is 46.8 Å². The van der Waals surface area contributed by atoms with Gasteiger partial charge in [-0.2, -0.15) is 0 Å². The number of hydrogen-bond acceptors (Lipinski definition) is 11. The molecule has 1 aliphatic rings. The molecule has 44 heavy (non-hydrogen) atoms. The standard InChI is InChI=1S/C32H36N2O9S/c1-8-40-27(35)17-42-22-12-10-20(14-24(22)38-6)15-26-30(36)34-29(21-11-13-23(43-18(3)4)25(16-21)39-7)28(31(37)41-9-2)19(5)33-32(34)44-26/h10-16,18,29H,8-9,17H2,1-7H3/b26-15-/t29-/m1/s1. The van der Waals surface area contributed by atoms with Crippen LogP contribution in [0.1, 0.15) is 51.8 Å². The van der Waals surface area contributed by atoms with Crippen molar-refractivity contribution in [1.29, 1.82) is 0 Å². The summed E-state index contributed by atoms with van der Waals surface area (Å²) in [5, 5.41) is 0. The van der Waals surface area contributed by atoms with Gasteiger partial charge in [-0.1, -0.05) is 23.5 Å². The summed E-state index contributed by atoms with van der Waals surface area (Å²) >= 11 is 1.20. The molecular formula is C32H36N2O9S. The molecule has 2 aromatic carbocycles. The molecule has 12 heteroatoms. The SMILES string of the molecule is CCOC(=O)COc1ccc(/C=c2\sc3n(c2=O)[C@H](c2ccc(OC(C)C)c(OC)c2)C(C(=O)OCC)=C(C)N=3)cc1OC. The minimum absolute atomic E-state index is 0.0820. The molecule has 2 heterocycles. The van der Waals surface area contributed by atoms with Crippen molar-refractivity contribution >= 4 is 29.4 Å². The van der Waals surface area contributed by atoms with E-state index in [0.29, 0.717) is 49.2 Å². The van der Waals surface area contributed by atoms with Crippen LogP contribution in [0.3, 0.4) is 0 Å². The number of aromatic nitrogens is 1. The first-order valence-electron chi connectivity index (χ1n) is 14.1. The number of rotatable bonds is 12. The van der Waals surface area contributed by atoms with Crippen molar-refractivity contribution in [3.05, 3.63) is 78.5 Å². The molecule has 1 aliphatic heterocycles. The highest BCUT2D eigenvalue weighted by atomic mass is 32.1. The number of carbonyl (C=O) groups is 2. The lowest BCUT2D eigenvalue weighted by Crippen LogP contribution is -2.40. The van der Waals surface area contributed by atoms with Crippen molar-refractivity contribution in [3.8, 4) is 23.0 Å². The molecule has 4 rings (SSSR count). The highest BCUT2D eigenvalue weighted by Gasteiger charge is 2.34. The third-order valence-electron chi connectivity index (χ3n) is 6.52. The van der Waals surface area contributed by atoms with Crippen LogP contribution in [0.4, 0.5) is 0 Å². The Morgan fingerprint density at radius 1 is 0.977 bits per heavy atom. The molecule has 3 aromatic rings. The monoisotopic (exact) mass is 624 g/mol. The Bertz CT molecular complexity index is 1750. The van der Waals surface area contributed by atoms with Gasteiger partial charge in [-0.15, -0.1) is 0 Å². The van der Waals surface area contributed by atoms with Crippen LogP contribution in [0.25, 0.3) is 6.08 Å². The van der Waals surface area contributed by atoms with Crippen LogP contribution in [0, 0.1) is 0 Å². The average molecular weight is 625 g/mol. The van der Waals surface area contributed by atoms with Crippen LogP contribution in [-0.4, -0.2) is 56.6 Å². The van der Waals surface area contributed by atoms with E-state index < -0.39 is 18.0 Å². The zero-order valence-electron chi connectivity index (χ0n) is 25.8. The van der Waals surface area contributed by atoms with Gasteiger partial charge in [0.2, 0.25) is 0 Å². The second kappa shape index (κ2) is 14.3. The smallest absolute Gasteiger partial charge is 0.344 e. The van der Waals surface area contributed by atoms with Gasteiger partial charge in [-0.05, 0) is 76.1 Å². The van der Waals surface area contributed by atoms with E-state index in [4.69, 9.17) is 28.4 Å². The third-order valence-corrected chi connectivity index (χ3v) is 7.50. The molecule has 0 N–H and O–H groups in total. The van der Waals surface area contributed by atoms with Gasteiger partial charge in [0.1, 0.15) is 0 Å². The molecule has 0 saturated carbocycles. The van der Waals surface area contributed by atoms with Crippen LogP contribution in [0.5, 0.6) is 23.0 Å². The van der Waals surface area contributed by atoms with E-state index in [1.807, 2.05) is 13.8 Å². The zero-order chi connectivity index (χ0) is 32.0. The van der Waals surface area contributed by atoms with Gasteiger partial charge >= 0.3 is 11.9 Å². The lowest BCUT2D eigenvalue weighted by Gasteiger charge is -2.25. The average Bonchev–Trinajstić information content (AvgIpc) is 3.29. The number of nitrogens with zero attached hydrogens (tertiary/aromatic N) is 2. The summed E-state index contributed by atoms with van der Waals surface area (Å²) in [6, 6.07) is 9.61. The quantitative estimate of drug-likeness (QED) is 0.278. The van der Waals surface area contributed by atoms with Gasteiger partial charge < -0.3 is 28.4 Å². The molecule has 0 unspecified atom stereocenters. The summed E-state index contributed by atoms with van der Waals surface area (Å²) in [5.41, 5.74) is 1.66. The fraction of sp³-hybridized carbons (Fsp3) is 0.375. The largest absolute Gasteiger partial charge is 0.493 e. The molecule has 1 aromatic heterocycles. The van der Waals surface area contributed by atoms with E-state index in [1.165, 1.54) is 30.1 Å². The van der Waals surface area contributed by atoms with Gasteiger partial charge in [0.25, 0.3) is 5.56 Å². The van der Waals surface area contributed by atoms with Gasteiger partial charge in [-0.25, -0.2) is 14.6 Å². The highest BCUT2D eigenvalue weighted by Crippen LogP contribution is 2.36. The van der Waals surface area contributed by atoms with E-state index in [0.717, 1.165) is 0 Å². The number of benzene rings is 2. The van der Waals surface area contributed by atoms with Crippen molar-refractivity contribution < 1.29 is 38.0 Å². The van der Waals surface area contributed by atoms with Crippen LogP contribution in [-0.2, 0) is 19.1 Å². The van der Waals surface area contributed by atoms with Crippen LogP contribution < -0.4 is 33.8 Å². The molecule has 0 amide bonds. The molecule has 0 spiro atoms. The topological polar surface area (TPSA) is 124 Å². The fourth-order valence-corrected chi connectivity index (χ4v) is 5.74. The summed E-state index contributed by atoms with van der Waals surface area (Å²) in [6.45, 7) is 9.14. The van der Waals surface area contributed by atoms with E-state index in [-0.39, 0.29) is 37.1 Å². The molecule has 1 atom stereocenters. The number of fused-ring (bicyclic) bond motifs is 1. The summed E-state index contributed by atoms with van der Waals surface area (Å²) in [5.74, 6) is 0.691. The number of carbonyl (C=O) groups excluding carboxylic acids is 2. The van der Waals surface area contributed by atoms with Crippen LogP contribution >= 0.6 is 11.3 Å². The summed E-state index contributed by atoms with van der Waals surface area (Å²) < 4.78 is 34.7. The minimum Gasteiger partial charge on any atom is -0.493 e. The van der Waals surface area contributed by atoms with E-state index in [1.54, 1.807) is 63.2 Å². The molecule has 0 radical (unpaired) electrons. The maximum absolute atomic E-state index is 14.0. The van der Waals surface area contributed by atoms with Crippen molar-refractivity contribution in [1.82, 2.24) is 4.57 Å². The Labute approximate surface area is 258 Å². The molecule has 234 valence electrons. The molecule has 11 nitrogen and oxygen atoms in total. The number of esters is 2. The predicted octanol–water partition coefficient (Wildman–Crippen LogP) is 3.54. The lowest BCUT2D eigenvalue weighted by molar-refractivity contribution is -0.145. The summed E-state index contributed by atoms with van der Waals surface area (Å²) in [6.07, 6.45) is 1.63. The Morgan fingerprint density at radius 2 is 1.66 bits per heavy atom. The maximum Gasteiger partial charge on any atom is 0.344 e. The van der Waals surface area contributed by atoms with Crippen molar-refractivity contribution in [2.24, 2.45) is 4.99 Å². The Balaban J connectivity index is 1.82. The van der Waals surface area contributed by atoms with E-state index in [9.17, 15) is 14.4 Å². The van der Waals surface area contributed by atoms with Gasteiger partial charge in [0, 0.05) is 0 Å². The zero-order valence-corrected chi connectivity index (χ0v) is 26.6. The molecular weight excluding hydrogens is 588 g/mol. The lowest BCUT2D eigenvalue weighted by atomic mass is 9.95. The number of allylic oxidation sites excluding steroid dienone is 1. The highest BCUT2D eigenvalue weighted by molar-refractivity contribution is 7.07. The van der Waals surface area contributed by atoms with Crippen molar-refractivity contribution in [3.63, 3.8) is 0 Å². The normalized spacial score (nSPS) is 14.5. The molecule has 0 bridgehead atoms. The number of thiazole rings is 1. The van der Waals surface area contributed by atoms with E-state index >= 15 is 0 Å². The maximum atomic E-state index is 14.0. The van der Waals surface area contributed by atoms with Gasteiger partial charge in [0.15, 0.2) is 34.4 Å². The minimum atomic E-state index is -0.817. The molecule has 0 aliphatic carbocycles. The molecule has 0 fully saturated rings. The number of methoxy groups -OCH3 is 2. The second-order valence-electron chi connectivity index (χ2n) is 9.88. The first-order chi connectivity index (χ1) is 21.1. The fourth-order valence-electron chi connectivity index (χ4n) is 4.70. The Morgan fingerprint density at radius 3 is 2.32 bits per heavy atom. The van der Waals surface area contributed by atoms with Crippen molar-refractivity contribution in [2.75, 3.05) is 34.0 Å². The van der Waals surface area contributed by atoms with Crippen LogP contribution in [0.15, 0.2) is 57.5 Å². The number of hydrogen-bond donors (Lipinski definition) is 0. The van der Waals surface area contributed by atoms with Gasteiger partial charge in [0.05, 0.1) is 55.4 Å². The molecule has 0 saturated heterocycles. The van der Waals surface area contributed by atoms with Gasteiger partial charge in [-0.3, -0.25) is 9.36 Å². The Hall–Kier alpha value is -4.58. The van der Waals surface area contributed by atoms with Crippen LogP contribution in [0.2, 0.25) is 0 Å². The predicted molar refractivity (Wildman–Crippen MR) is 164 cm³/mol. The number of ether oxygens (including phenoxy) is 6. The summed E-state index contributed by atoms with van der Waals surface area (Å²) in [4.78, 5) is 44.0. The summed E-state index contributed by atoms with van der Waals surface area (Å²) in [7, 11) is 3.02. The second-order valence-corrected chi connectivity index (χ2v) is 10.9. The first kappa shape index (κ1) is 32.3. The third kappa shape index (κ3) is 6.96. The van der Waals surface area contributed by atoms with E-state index in [2.05, 4.69) is 4.99 Å². The first-order valence-corrected chi connectivity index (χ1v) is 14.9. The Kier molecular flexibility index (Phi) is 10.5.